The van der Waals surface area contributed by atoms with Crippen LogP contribution in [0.4, 0.5) is 0 Å². The topological polar surface area (TPSA) is 167 Å². The number of rotatable bonds is 29. The molecule has 0 unspecified atom stereocenters. The van der Waals surface area contributed by atoms with Crippen LogP contribution in [-0.2, 0) is 20.2 Å². The molecule has 0 N–H and O–H groups in total. The van der Waals surface area contributed by atoms with Crippen LogP contribution in [-0.4, -0.2) is 50.7 Å². The van der Waals surface area contributed by atoms with Crippen molar-refractivity contribution in [2.75, 3.05) is 13.2 Å². The van der Waals surface area contributed by atoms with Crippen LogP contribution in [0.3, 0.4) is 0 Å². The molecule has 0 atom stereocenters. The van der Waals surface area contributed by atoms with E-state index >= 15 is 0 Å². The summed E-state index contributed by atoms with van der Waals surface area (Å²) < 4.78 is 82.9. The van der Waals surface area contributed by atoms with Crippen LogP contribution in [0.25, 0.3) is 0 Å². The molecule has 0 aromatic heterocycles. The molecule has 0 aliphatic rings. The smallest absolute Gasteiger partial charge is 0.744 e. The second-order valence-electron chi connectivity index (χ2n) is 12.9. The van der Waals surface area contributed by atoms with Gasteiger partial charge in [-0.3, -0.25) is 9.59 Å². The molecule has 52 heavy (non-hydrogen) atoms. The third-order valence-electron chi connectivity index (χ3n) is 8.68. The zero-order valence-electron chi connectivity index (χ0n) is 31.9. The summed E-state index contributed by atoms with van der Waals surface area (Å²) >= 11 is 0. The molecule has 0 fully saturated rings. The third-order valence-corrected chi connectivity index (χ3v) is 10.4. The molecule has 0 amide bonds. The third kappa shape index (κ3) is 20.8. The summed E-state index contributed by atoms with van der Waals surface area (Å²) in [4.78, 5) is 24.1. The van der Waals surface area contributed by atoms with Gasteiger partial charge in [0.25, 0.3) is 0 Å². The van der Waals surface area contributed by atoms with Crippen LogP contribution < -0.4 is 68.6 Å². The van der Waals surface area contributed by atoms with E-state index in [0.717, 1.165) is 50.7 Å². The molecule has 2 aromatic rings. The van der Waals surface area contributed by atoms with E-state index in [1.807, 2.05) is 0 Å². The van der Waals surface area contributed by atoms with Gasteiger partial charge in [0, 0.05) is 24.0 Å². The first-order valence-corrected chi connectivity index (χ1v) is 21.2. The number of hydrogen-bond acceptors (Lipinski definition) is 10. The van der Waals surface area contributed by atoms with Crippen molar-refractivity contribution in [1.82, 2.24) is 0 Å². The summed E-state index contributed by atoms with van der Waals surface area (Å²) in [5.41, 5.74) is 0.195. The fourth-order valence-corrected chi connectivity index (χ4v) is 7.07. The monoisotopic (exact) mass is 782 g/mol. The number of Topliss-reactive ketones (excluding diaryl/α,β-unsaturated/α-hetero) is 2. The Balaban J connectivity index is 0.0000130. The van der Waals surface area contributed by atoms with E-state index in [1.165, 1.54) is 88.5 Å². The zero-order chi connectivity index (χ0) is 36.8. The summed E-state index contributed by atoms with van der Waals surface area (Å²) in [5, 5.41) is 0. The predicted molar refractivity (Wildman–Crippen MR) is 192 cm³/mol. The fraction of sp³-hybridized carbons (Fsp3) is 0.632. The van der Waals surface area contributed by atoms with Crippen LogP contribution in [0.5, 0.6) is 11.5 Å². The van der Waals surface area contributed by atoms with Gasteiger partial charge in [0.05, 0.1) is 9.79 Å². The Morgan fingerprint density at radius 1 is 0.500 bits per heavy atom. The molecule has 10 nitrogen and oxygen atoms in total. The molecule has 2 rings (SSSR count). The average Bonchev–Trinajstić information content (AvgIpc) is 3.07. The SMILES string of the molecule is CCCCCCCCCCCC(=O)c1ccc(OCCOc2ccc(C(=O)CCCCCCCCCCC)cc2S(=O)(=O)[O-])c(S(=O)(=O)[O-])c1.[Na+].[Na+]. The first-order chi connectivity index (χ1) is 23.9. The maximum Gasteiger partial charge on any atom is 1.00 e. The van der Waals surface area contributed by atoms with Gasteiger partial charge in [-0.05, 0) is 49.2 Å². The first-order valence-electron chi connectivity index (χ1n) is 18.4. The largest absolute Gasteiger partial charge is 1.00 e. The number of ketones is 2. The van der Waals surface area contributed by atoms with Crippen LogP contribution >= 0.6 is 0 Å². The molecule has 0 heterocycles. The van der Waals surface area contributed by atoms with Gasteiger partial charge in [-0.2, -0.15) is 0 Å². The molecule has 0 saturated carbocycles. The number of ether oxygens (including phenoxy) is 2. The summed E-state index contributed by atoms with van der Waals surface area (Å²) in [6, 6.07) is 7.29. The first kappa shape index (κ1) is 51.2. The Labute approximate surface area is 357 Å². The van der Waals surface area contributed by atoms with E-state index in [1.54, 1.807) is 0 Å². The van der Waals surface area contributed by atoms with Crippen molar-refractivity contribution < 1.29 is 104 Å². The minimum absolute atomic E-state index is 0. The minimum Gasteiger partial charge on any atom is -0.744 e. The number of carbonyl (C=O) groups is 2. The second kappa shape index (κ2) is 28.6. The van der Waals surface area contributed by atoms with Gasteiger partial charge in [0.2, 0.25) is 0 Å². The van der Waals surface area contributed by atoms with Crippen molar-refractivity contribution in [1.29, 1.82) is 0 Å². The number of benzene rings is 2. The Kier molecular flexibility index (Phi) is 28.1. The molecule has 0 aliphatic heterocycles. The predicted octanol–water partition coefficient (Wildman–Crippen LogP) is 3.17. The molecular formula is C38H56Na2O10S2. The van der Waals surface area contributed by atoms with Gasteiger partial charge in [0.15, 0.2) is 11.6 Å². The molecule has 0 radical (unpaired) electrons. The summed E-state index contributed by atoms with van der Waals surface area (Å²) in [7, 11) is -9.99. The zero-order valence-corrected chi connectivity index (χ0v) is 37.6. The maximum absolute atomic E-state index is 12.7. The molecular weight excluding hydrogens is 727 g/mol. The van der Waals surface area contributed by atoms with E-state index in [2.05, 4.69) is 13.8 Å². The van der Waals surface area contributed by atoms with E-state index < -0.39 is 30.0 Å². The molecule has 14 heteroatoms. The Morgan fingerprint density at radius 3 is 1.08 bits per heavy atom. The molecule has 0 spiro atoms. The van der Waals surface area contributed by atoms with Crippen molar-refractivity contribution in [3.63, 3.8) is 0 Å². The molecule has 0 saturated heterocycles. The standard InChI is InChI=1S/C38H58O10S2.2Na/c1-3-5-7-9-11-13-15-17-19-21-33(39)31-23-25-35(37(29-31)49(41,42)43)47-27-28-48-36-26-24-32(30-38(36)50(44,45)46)34(40)22-20-18-16-14-12-10-8-6-4-2;;/h23-26,29-30H,3-22,27-28H2,1-2H3,(H,41,42,43)(H,44,45,46);;/q;2*+1/p-2. The minimum atomic E-state index is -5.00. The van der Waals surface area contributed by atoms with Gasteiger partial charge in [-0.1, -0.05) is 117 Å². The Bertz CT molecular complexity index is 1430. The Morgan fingerprint density at radius 2 is 0.788 bits per heavy atom. The van der Waals surface area contributed by atoms with Gasteiger partial charge >= 0.3 is 59.1 Å². The molecule has 2 aromatic carbocycles. The molecule has 282 valence electrons. The van der Waals surface area contributed by atoms with Crippen molar-refractivity contribution in [2.45, 2.75) is 152 Å². The molecule has 0 aliphatic carbocycles. The molecule has 0 bridgehead atoms. The van der Waals surface area contributed by atoms with Crippen molar-refractivity contribution in [3.05, 3.63) is 47.5 Å². The van der Waals surface area contributed by atoms with E-state index in [0.29, 0.717) is 12.8 Å². The number of unbranched alkanes of at least 4 members (excludes halogenated alkanes) is 16. The average molecular weight is 783 g/mol. The van der Waals surface area contributed by atoms with E-state index in [4.69, 9.17) is 9.47 Å². The van der Waals surface area contributed by atoms with Gasteiger partial charge < -0.3 is 18.6 Å². The maximum atomic E-state index is 12.7. The normalized spacial score (nSPS) is 11.4. The van der Waals surface area contributed by atoms with Gasteiger partial charge in [0.1, 0.15) is 44.9 Å². The van der Waals surface area contributed by atoms with Crippen molar-refractivity contribution >= 4 is 31.8 Å². The fourth-order valence-electron chi connectivity index (χ4n) is 5.78. The van der Waals surface area contributed by atoms with Crippen LogP contribution in [0.2, 0.25) is 0 Å². The summed E-state index contributed by atoms with van der Waals surface area (Å²) in [6.07, 6.45) is 20.1. The Hall–Kier alpha value is -0.800. The van der Waals surface area contributed by atoms with Crippen LogP contribution in [0, 0.1) is 0 Å². The number of carbonyl (C=O) groups excluding carboxylic acids is 2. The van der Waals surface area contributed by atoms with E-state index in [-0.39, 0.29) is 119 Å². The van der Waals surface area contributed by atoms with Crippen LogP contribution in [0.1, 0.15) is 163 Å². The van der Waals surface area contributed by atoms with Crippen LogP contribution in [0.15, 0.2) is 46.2 Å². The van der Waals surface area contributed by atoms with Crippen molar-refractivity contribution in [3.8, 4) is 11.5 Å². The summed E-state index contributed by atoms with van der Waals surface area (Å²) in [6.45, 7) is 3.73. The van der Waals surface area contributed by atoms with E-state index in [9.17, 15) is 35.5 Å². The van der Waals surface area contributed by atoms with Crippen molar-refractivity contribution in [2.24, 2.45) is 0 Å². The van der Waals surface area contributed by atoms with Gasteiger partial charge in [-0.25, -0.2) is 16.8 Å². The number of hydrogen-bond donors (Lipinski definition) is 0. The second-order valence-corrected chi connectivity index (χ2v) is 15.6. The van der Waals surface area contributed by atoms with Gasteiger partial charge in [-0.15, -0.1) is 0 Å². The quantitative estimate of drug-likeness (QED) is 0.0518. The summed E-state index contributed by atoms with van der Waals surface area (Å²) in [5.74, 6) is -1.10.